The molecule has 3 rings (SSSR count). The molecular weight excluding hydrogens is 272 g/mol. The zero-order valence-corrected chi connectivity index (χ0v) is 14.0. The second kappa shape index (κ2) is 5.27. The highest BCUT2D eigenvalue weighted by Gasteiger charge is 2.45. The van der Waals surface area contributed by atoms with Crippen LogP contribution in [0.25, 0.3) is 0 Å². The molecule has 0 saturated carbocycles. The maximum absolute atomic E-state index is 10.6. The zero-order chi connectivity index (χ0) is 16.0. The first kappa shape index (κ1) is 15.4. The molecule has 1 aliphatic heterocycles. The van der Waals surface area contributed by atoms with E-state index in [9.17, 15) is 5.11 Å². The van der Waals surface area contributed by atoms with Crippen molar-refractivity contribution in [1.82, 2.24) is 0 Å². The molecule has 2 nitrogen and oxygen atoms in total. The zero-order valence-electron chi connectivity index (χ0n) is 14.0. The van der Waals surface area contributed by atoms with Gasteiger partial charge in [0.25, 0.3) is 0 Å². The van der Waals surface area contributed by atoms with E-state index in [2.05, 4.69) is 44.2 Å². The number of rotatable bonds is 3. The molecule has 22 heavy (non-hydrogen) atoms. The van der Waals surface area contributed by atoms with Crippen molar-refractivity contribution >= 4 is 0 Å². The fourth-order valence-electron chi connectivity index (χ4n) is 3.69. The average molecular weight is 298 g/mol. The van der Waals surface area contributed by atoms with E-state index in [1.807, 2.05) is 19.9 Å². The predicted octanol–water partition coefficient (Wildman–Crippen LogP) is 4.40. The van der Waals surface area contributed by atoms with Crippen molar-refractivity contribution in [3.8, 4) is 0 Å². The van der Waals surface area contributed by atoms with Crippen LogP contribution in [0.2, 0.25) is 0 Å². The molecule has 2 aliphatic rings. The molecule has 0 radical (unpaired) electrons. The summed E-state index contributed by atoms with van der Waals surface area (Å²) in [4.78, 5) is 0. The standard InChI is InChI=1S/C20H26O2/c1-14-12-20(4,21)15(2)17-13-19(3,22-18(14)17)11-10-16-8-6-5-7-9-16/h5-9,12,15,21H,10-11,13H2,1-4H3. The Hall–Kier alpha value is -1.54. The topological polar surface area (TPSA) is 29.5 Å². The molecule has 3 atom stereocenters. The lowest BCUT2D eigenvalue weighted by atomic mass is 9.75. The lowest BCUT2D eigenvalue weighted by Gasteiger charge is -2.32. The maximum atomic E-state index is 10.6. The summed E-state index contributed by atoms with van der Waals surface area (Å²) >= 11 is 0. The fourth-order valence-corrected chi connectivity index (χ4v) is 3.69. The minimum absolute atomic E-state index is 0.116. The number of ether oxygens (including phenoxy) is 1. The van der Waals surface area contributed by atoms with E-state index in [0.29, 0.717) is 0 Å². The van der Waals surface area contributed by atoms with Crippen LogP contribution in [-0.2, 0) is 11.2 Å². The van der Waals surface area contributed by atoms with Crippen molar-refractivity contribution in [3.63, 3.8) is 0 Å². The van der Waals surface area contributed by atoms with E-state index in [1.54, 1.807) is 0 Å². The highest BCUT2D eigenvalue weighted by Crippen LogP contribution is 2.48. The van der Waals surface area contributed by atoms with Gasteiger partial charge in [-0.05, 0) is 56.4 Å². The Morgan fingerprint density at radius 2 is 1.91 bits per heavy atom. The second-order valence-corrected chi connectivity index (χ2v) is 7.34. The van der Waals surface area contributed by atoms with Crippen LogP contribution in [0.3, 0.4) is 0 Å². The molecular formula is C20H26O2. The van der Waals surface area contributed by atoms with Crippen LogP contribution in [-0.4, -0.2) is 16.3 Å². The molecule has 1 aliphatic carbocycles. The first-order chi connectivity index (χ1) is 10.3. The molecule has 1 aromatic rings. The van der Waals surface area contributed by atoms with Gasteiger partial charge in [-0.15, -0.1) is 0 Å². The highest BCUT2D eigenvalue weighted by molar-refractivity contribution is 5.42. The van der Waals surface area contributed by atoms with Gasteiger partial charge in [0.2, 0.25) is 0 Å². The Morgan fingerprint density at radius 3 is 2.59 bits per heavy atom. The average Bonchev–Trinajstić information content (AvgIpc) is 2.83. The molecule has 0 fully saturated rings. The smallest absolute Gasteiger partial charge is 0.122 e. The Morgan fingerprint density at radius 1 is 1.23 bits per heavy atom. The third-order valence-corrected chi connectivity index (χ3v) is 5.26. The van der Waals surface area contributed by atoms with Gasteiger partial charge in [-0.3, -0.25) is 0 Å². The van der Waals surface area contributed by atoms with Crippen LogP contribution in [0.4, 0.5) is 0 Å². The quantitative estimate of drug-likeness (QED) is 0.896. The molecule has 0 amide bonds. The lowest BCUT2D eigenvalue weighted by molar-refractivity contribution is 0.0395. The summed E-state index contributed by atoms with van der Waals surface area (Å²) in [5.74, 6) is 1.14. The summed E-state index contributed by atoms with van der Waals surface area (Å²) in [6.45, 7) is 8.23. The van der Waals surface area contributed by atoms with Gasteiger partial charge >= 0.3 is 0 Å². The molecule has 0 bridgehead atoms. The largest absolute Gasteiger partial charge is 0.487 e. The normalized spacial score (nSPS) is 34.2. The minimum Gasteiger partial charge on any atom is -0.487 e. The van der Waals surface area contributed by atoms with Crippen molar-refractivity contribution in [2.45, 2.75) is 58.2 Å². The number of hydrogen-bond acceptors (Lipinski definition) is 2. The molecule has 1 N–H and O–H groups in total. The van der Waals surface area contributed by atoms with Crippen LogP contribution in [0.5, 0.6) is 0 Å². The fraction of sp³-hybridized carbons (Fsp3) is 0.500. The summed E-state index contributed by atoms with van der Waals surface area (Å²) in [6.07, 6.45) is 4.87. The van der Waals surface area contributed by atoms with E-state index in [-0.39, 0.29) is 11.5 Å². The Balaban J connectivity index is 1.74. The van der Waals surface area contributed by atoms with Crippen molar-refractivity contribution in [3.05, 3.63) is 58.9 Å². The van der Waals surface area contributed by atoms with Crippen LogP contribution in [0.1, 0.15) is 46.1 Å². The summed E-state index contributed by atoms with van der Waals surface area (Å²) in [7, 11) is 0. The summed E-state index contributed by atoms with van der Waals surface area (Å²) in [5, 5.41) is 10.6. The van der Waals surface area contributed by atoms with Crippen molar-refractivity contribution < 1.29 is 9.84 Å². The number of hydrogen-bond donors (Lipinski definition) is 1. The van der Waals surface area contributed by atoms with Gasteiger partial charge in [0, 0.05) is 12.3 Å². The Labute approximate surface area is 133 Å². The van der Waals surface area contributed by atoms with Crippen LogP contribution in [0.15, 0.2) is 53.3 Å². The van der Waals surface area contributed by atoms with Crippen molar-refractivity contribution in [1.29, 1.82) is 0 Å². The first-order valence-electron chi connectivity index (χ1n) is 8.19. The van der Waals surface area contributed by atoms with Gasteiger partial charge in [-0.1, -0.05) is 37.3 Å². The van der Waals surface area contributed by atoms with E-state index < -0.39 is 5.60 Å². The van der Waals surface area contributed by atoms with Crippen LogP contribution in [0, 0.1) is 5.92 Å². The van der Waals surface area contributed by atoms with Gasteiger partial charge in [-0.2, -0.15) is 0 Å². The molecule has 3 unspecified atom stereocenters. The summed E-state index contributed by atoms with van der Waals surface area (Å²) < 4.78 is 6.35. The number of aryl methyl sites for hydroxylation is 1. The molecule has 1 aromatic carbocycles. The minimum atomic E-state index is -0.767. The molecule has 2 heteroatoms. The molecule has 1 heterocycles. The van der Waals surface area contributed by atoms with Gasteiger partial charge in [0.15, 0.2) is 0 Å². The van der Waals surface area contributed by atoms with Crippen LogP contribution >= 0.6 is 0 Å². The van der Waals surface area contributed by atoms with Crippen LogP contribution < -0.4 is 0 Å². The van der Waals surface area contributed by atoms with Gasteiger partial charge in [0.05, 0.1) is 5.60 Å². The number of aliphatic hydroxyl groups is 1. The first-order valence-corrected chi connectivity index (χ1v) is 8.19. The van der Waals surface area contributed by atoms with E-state index in [0.717, 1.165) is 30.6 Å². The van der Waals surface area contributed by atoms with E-state index >= 15 is 0 Å². The van der Waals surface area contributed by atoms with Crippen molar-refractivity contribution in [2.75, 3.05) is 0 Å². The molecule has 0 spiro atoms. The molecule has 0 aromatic heterocycles. The predicted molar refractivity (Wildman–Crippen MR) is 89.4 cm³/mol. The summed E-state index contributed by atoms with van der Waals surface area (Å²) in [5.41, 5.74) is 2.77. The monoisotopic (exact) mass is 298 g/mol. The third-order valence-electron chi connectivity index (χ3n) is 5.26. The number of benzene rings is 1. The van der Waals surface area contributed by atoms with Gasteiger partial charge in [-0.25, -0.2) is 0 Å². The van der Waals surface area contributed by atoms with E-state index in [1.165, 1.54) is 11.1 Å². The summed E-state index contributed by atoms with van der Waals surface area (Å²) in [6, 6.07) is 10.6. The van der Waals surface area contributed by atoms with Gasteiger partial charge < -0.3 is 9.84 Å². The molecule has 118 valence electrons. The Kier molecular flexibility index (Phi) is 3.68. The molecule has 0 saturated heterocycles. The Bertz CT molecular complexity index is 624. The lowest BCUT2D eigenvalue weighted by Crippen LogP contribution is -2.34. The van der Waals surface area contributed by atoms with E-state index in [4.69, 9.17) is 4.74 Å². The highest BCUT2D eigenvalue weighted by atomic mass is 16.5. The van der Waals surface area contributed by atoms with Crippen molar-refractivity contribution in [2.24, 2.45) is 5.92 Å². The third kappa shape index (κ3) is 2.72. The number of allylic oxidation sites excluding steroid dienone is 1. The second-order valence-electron chi connectivity index (χ2n) is 7.34. The SMILES string of the molecule is CC1=CC(C)(O)C(C)C2=C1OC(C)(CCc1ccccc1)C2. The maximum Gasteiger partial charge on any atom is 0.122 e. The van der Waals surface area contributed by atoms with Gasteiger partial charge in [0.1, 0.15) is 11.4 Å².